The molecule has 0 N–H and O–H groups in total. The van der Waals surface area contributed by atoms with Gasteiger partial charge in [0.25, 0.3) is 6.41 Å². The number of hydrogen-bond acceptors (Lipinski definition) is 2. The third-order valence-corrected chi connectivity index (χ3v) is 0.162. The highest BCUT2D eigenvalue weighted by atomic mass is 16.1. The fourth-order valence-electron chi connectivity index (χ4n) is 0.0576. The van der Waals surface area contributed by atoms with Crippen molar-refractivity contribution in [3.63, 3.8) is 0 Å². The molecule has 0 unspecified atom stereocenters. The Kier molecular flexibility index (Phi) is 3.24. The van der Waals surface area contributed by atoms with Crippen molar-refractivity contribution >= 4 is 13.1 Å². The van der Waals surface area contributed by atoms with E-state index in [0.717, 1.165) is 0 Å². The first-order chi connectivity index (χ1) is 2.91. The Bertz CT molecular complexity index is 66.9. The number of amides is 1. The highest BCUT2D eigenvalue weighted by Crippen LogP contribution is 1.63. The SMILES string of the molecule is C=NN=NC=O. The Morgan fingerprint density at radius 1 is 1.67 bits per heavy atom. The predicted octanol–water partition coefficient (Wildman–Crippen LogP) is 0.211. The Morgan fingerprint density at radius 2 is 2.33 bits per heavy atom. The molecule has 1 amide bonds. The lowest BCUT2D eigenvalue weighted by Gasteiger charge is -1.57. The van der Waals surface area contributed by atoms with Crippen LogP contribution < -0.4 is 0 Å². The van der Waals surface area contributed by atoms with Gasteiger partial charge in [-0.15, -0.1) is 5.10 Å². The van der Waals surface area contributed by atoms with Crippen molar-refractivity contribution in [3.05, 3.63) is 0 Å². The second-order valence-corrected chi connectivity index (χ2v) is 0.452. The summed E-state index contributed by atoms with van der Waals surface area (Å²) in [7, 11) is 0. The van der Waals surface area contributed by atoms with Crippen molar-refractivity contribution in [2.75, 3.05) is 0 Å². The Labute approximate surface area is 34.6 Å². The van der Waals surface area contributed by atoms with Crippen LogP contribution in [0.1, 0.15) is 0 Å². The number of nitrogens with zero attached hydrogens (tertiary/aromatic N) is 3. The van der Waals surface area contributed by atoms with Crippen LogP contribution in [0.5, 0.6) is 0 Å². The van der Waals surface area contributed by atoms with Crippen LogP contribution >= 0.6 is 0 Å². The molecule has 0 spiro atoms. The zero-order valence-corrected chi connectivity index (χ0v) is 3.03. The quantitative estimate of drug-likeness (QED) is 0.204. The molecule has 0 saturated carbocycles. The van der Waals surface area contributed by atoms with Crippen LogP contribution in [0.25, 0.3) is 0 Å². The molecule has 32 valence electrons. The Morgan fingerprint density at radius 3 is 2.50 bits per heavy atom. The minimum atomic E-state index is 0.286. The van der Waals surface area contributed by atoms with Crippen LogP contribution in [0.3, 0.4) is 0 Å². The number of hydrogen-bond donors (Lipinski definition) is 0. The van der Waals surface area contributed by atoms with E-state index in [4.69, 9.17) is 0 Å². The summed E-state index contributed by atoms with van der Waals surface area (Å²) in [6.45, 7) is 2.93. The largest absolute Gasteiger partial charge is 0.275 e. The molecule has 0 bridgehead atoms. The second-order valence-electron chi connectivity index (χ2n) is 0.452. The maximum atomic E-state index is 9.22. The van der Waals surface area contributed by atoms with Gasteiger partial charge in [0.1, 0.15) is 0 Å². The van der Waals surface area contributed by atoms with Crippen molar-refractivity contribution < 1.29 is 4.79 Å². The lowest BCUT2D eigenvalue weighted by atomic mass is 11.5. The topological polar surface area (TPSA) is 54.1 Å². The first-order valence-electron chi connectivity index (χ1n) is 1.21. The molecule has 0 rings (SSSR count). The highest BCUT2D eigenvalue weighted by Gasteiger charge is 1.53. The molecule has 0 aliphatic rings. The fourth-order valence-corrected chi connectivity index (χ4v) is 0.0576. The molecule has 0 aliphatic carbocycles. The second kappa shape index (κ2) is 3.94. The van der Waals surface area contributed by atoms with Crippen molar-refractivity contribution in [1.29, 1.82) is 0 Å². The zero-order valence-electron chi connectivity index (χ0n) is 3.03. The van der Waals surface area contributed by atoms with Gasteiger partial charge in [0, 0.05) is 6.72 Å². The molecule has 0 radical (unpaired) electrons. The molecule has 6 heavy (non-hydrogen) atoms. The van der Waals surface area contributed by atoms with Gasteiger partial charge >= 0.3 is 0 Å². The Balaban J connectivity index is 3.17. The van der Waals surface area contributed by atoms with Crippen molar-refractivity contribution in [3.8, 4) is 0 Å². The summed E-state index contributed by atoms with van der Waals surface area (Å²) >= 11 is 0. The average molecular weight is 85.1 g/mol. The van der Waals surface area contributed by atoms with Gasteiger partial charge in [0.2, 0.25) is 0 Å². The van der Waals surface area contributed by atoms with Crippen LogP contribution in [-0.4, -0.2) is 13.1 Å². The Hall–Kier alpha value is -1.06. The molecule has 0 aromatic carbocycles. The lowest BCUT2D eigenvalue weighted by Crippen LogP contribution is -1.51. The summed E-state index contributed by atoms with van der Waals surface area (Å²) in [5, 5.41) is 8.57. The molecular formula is C2H3N3O. The average Bonchev–Trinajstić information content (AvgIpc) is 1.61. The molecule has 0 heterocycles. The summed E-state index contributed by atoms with van der Waals surface area (Å²) in [5.74, 6) is 0. The minimum absolute atomic E-state index is 0.286. The minimum Gasteiger partial charge on any atom is -0.275 e. The number of carbonyl (C=O) groups excluding carboxylic acids is 1. The van der Waals surface area contributed by atoms with Gasteiger partial charge in [-0.2, -0.15) is 0 Å². The zero-order chi connectivity index (χ0) is 4.83. The van der Waals surface area contributed by atoms with Crippen LogP contribution in [-0.2, 0) is 4.79 Å². The summed E-state index contributed by atoms with van der Waals surface area (Å²) < 4.78 is 0. The van der Waals surface area contributed by atoms with Crippen LogP contribution in [0.4, 0.5) is 0 Å². The fraction of sp³-hybridized carbons (Fsp3) is 0. The van der Waals surface area contributed by atoms with Crippen molar-refractivity contribution in [2.24, 2.45) is 15.4 Å². The van der Waals surface area contributed by atoms with Gasteiger partial charge in [-0.3, -0.25) is 4.79 Å². The van der Waals surface area contributed by atoms with Crippen LogP contribution in [0.15, 0.2) is 15.4 Å². The van der Waals surface area contributed by atoms with E-state index >= 15 is 0 Å². The van der Waals surface area contributed by atoms with Crippen molar-refractivity contribution in [1.82, 2.24) is 0 Å². The van der Waals surface area contributed by atoms with Crippen LogP contribution in [0.2, 0.25) is 0 Å². The van der Waals surface area contributed by atoms with E-state index < -0.39 is 0 Å². The van der Waals surface area contributed by atoms with Gasteiger partial charge in [-0.05, 0) is 5.22 Å². The maximum Gasteiger partial charge on any atom is 0.254 e. The van der Waals surface area contributed by atoms with E-state index in [1.54, 1.807) is 0 Å². The standard InChI is InChI=1S/C2H3N3O/c1-3-5-4-2-6/h2H,1H2. The summed E-state index contributed by atoms with van der Waals surface area (Å²) in [4.78, 5) is 9.22. The van der Waals surface area contributed by atoms with Gasteiger partial charge < -0.3 is 0 Å². The molecular weight excluding hydrogens is 82.0 g/mol. The lowest BCUT2D eigenvalue weighted by molar-refractivity contribution is -0.107. The van der Waals surface area contributed by atoms with Gasteiger partial charge in [0.05, 0.1) is 0 Å². The summed E-state index contributed by atoms with van der Waals surface area (Å²) in [6.07, 6.45) is 0.286. The molecule has 0 aliphatic heterocycles. The van der Waals surface area contributed by atoms with Crippen LogP contribution in [0, 0.1) is 0 Å². The monoisotopic (exact) mass is 85.0 g/mol. The third-order valence-electron chi connectivity index (χ3n) is 0.162. The normalized spacial score (nSPS) is 8.67. The predicted molar refractivity (Wildman–Crippen MR) is 20.5 cm³/mol. The smallest absolute Gasteiger partial charge is 0.254 e. The molecule has 4 nitrogen and oxygen atoms in total. The van der Waals surface area contributed by atoms with Gasteiger partial charge in [-0.1, -0.05) is 5.11 Å². The molecule has 0 aromatic heterocycles. The first-order valence-corrected chi connectivity index (χ1v) is 1.21. The van der Waals surface area contributed by atoms with Gasteiger partial charge in [0.15, 0.2) is 0 Å². The van der Waals surface area contributed by atoms with Gasteiger partial charge in [-0.25, -0.2) is 0 Å². The van der Waals surface area contributed by atoms with E-state index in [9.17, 15) is 4.79 Å². The third kappa shape index (κ3) is 2.94. The molecule has 0 aromatic rings. The van der Waals surface area contributed by atoms with E-state index in [0.29, 0.717) is 0 Å². The van der Waals surface area contributed by atoms with E-state index in [2.05, 4.69) is 22.2 Å². The number of rotatable bonds is 2. The number of carbonyl (C=O) groups is 1. The van der Waals surface area contributed by atoms with E-state index in [-0.39, 0.29) is 6.41 Å². The molecule has 0 fully saturated rings. The van der Waals surface area contributed by atoms with Crippen molar-refractivity contribution in [2.45, 2.75) is 0 Å². The molecule has 0 saturated heterocycles. The summed E-state index contributed by atoms with van der Waals surface area (Å²) in [5.41, 5.74) is 0. The van der Waals surface area contributed by atoms with E-state index in [1.807, 2.05) is 0 Å². The molecule has 4 heteroatoms. The van der Waals surface area contributed by atoms with E-state index in [1.165, 1.54) is 0 Å². The molecule has 0 atom stereocenters. The first kappa shape index (κ1) is 4.94. The maximum absolute atomic E-state index is 9.22. The summed E-state index contributed by atoms with van der Waals surface area (Å²) in [6, 6.07) is 0. The highest BCUT2D eigenvalue weighted by molar-refractivity contribution is 5.45.